The van der Waals surface area contributed by atoms with E-state index >= 15 is 0 Å². The summed E-state index contributed by atoms with van der Waals surface area (Å²) in [6, 6.07) is 0. The van der Waals surface area contributed by atoms with Crippen molar-refractivity contribution in [1.82, 2.24) is 9.13 Å². The molecule has 1 aliphatic heterocycles. The van der Waals surface area contributed by atoms with Gasteiger partial charge < -0.3 is 14.9 Å². The van der Waals surface area contributed by atoms with Crippen LogP contribution < -0.4 is 11.2 Å². The van der Waals surface area contributed by atoms with E-state index in [1.54, 1.807) is 0 Å². The molecule has 1 saturated heterocycles. The lowest BCUT2D eigenvalue weighted by atomic mass is 10.2. The Kier molecular flexibility index (Phi) is 3.90. The third-order valence-electron chi connectivity index (χ3n) is 2.96. The van der Waals surface area contributed by atoms with Crippen LogP contribution in [0.5, 0.6) is 0 Å². The van der Waals surface area contributed by atoms with Crippen LogP contribution >= 0.6 is 22.6 Å². The Morgan fingerprint density at radius 2 is 2.22 bits per heavy atom. The number of hydrogen-bond donors (Lipinski definition) is 2. The zero-order valence-electron chi connectivity index (χ0n) is 9.62. The van der Waals surface area contributed by atoms with Crippen molar-refractivity contribution < 1.29 is 14.9 Å². The smallest absolute Gasteiger partial charge is 0.332 e. The van der Waals surface area contributed by atoms with Crippen molar-refractivity contribution >= 4 is 22.6 Å². The Bertz CT molecular complexity index is 566. The molecule has 18 heavy (non-hydrogen) atoms. The Balaban J connectivity index is 2.42. The lowest BCUT2D eigenvalue weighted by Gasteiger charge is -2.15. The van der Waals surface area contributed by atoms with Gasteiger partial charge in [0.15, 0.2) is 0 Å². The molecule has 0 amide bonds. The van der Waals surface area contributed by atoms with Crippen molar-refractivity contribution in [1.29, 1.82) is 0 Å². The molecule has 0 aromatic carbocycles. The Morgan fingerprint density at radius 3 is 2.78 bits per heavy atom. The number of hydrogen-bond acceptors (Lipinski definition) is 5. The second kappa shape index (κ2) is 5.11. The molecule has 0 saturated carbocycles. The molecule has 3 atom stereocenters. The van der Waals surface area contributed by atoms with E-state index in [0.29, 0.717) is 3.57 Å². The molecule has 0 bridgehead atoms. The highest BCUT2D eigenvalue weighted by Gasteiger charge is 2.35. The van der Waals surface area contributed by atoms with Crippen LogP contribution in [0, 0.1) is 3.57 Å². The third-order valence-corrected chi connectivity index (χ3v) is 3.70. The first-order valence-corrected chi connectivity index (χ1v) is 6.45. The molecule has 8 heteroatoms. The van der Waals surface area contributed by atoms with Gasteiger partial charge in [0.2, 0.25) is 0 Å². The number of aliphatic hydroxyl groups is 2. The van der Waals surface area contributed by atoms with Gasteiger partial charge in [-0.15, -0.1) is 0 Å². The van der Waals surface area contributed by atoms with Crippen LogP contribution in [0.25, 0.3) is 0 Å². The summed E-state index contributed by atoms with van der Waals surface area (Å²) in [5.41, 5.74) is -0.870. The molecule has 0 aliphatic carbocycles. The van der Waals surface area contributed by atoms with E-state index in [4.69, 9.17) is 9.84 Å². The SMILES string of the molecule is Cn1c(=O)c(I)cn([C@H]2C[C@@H](O)[C@@H](CO)O2)c1=O. The van der Waals surface area contributed by atoms with Crippen LogP contribution in [0.2, 0.25) is 0 Å². The Hall–Kier alpha value is -0.710. The van der Waals surface area contributed by atoms with Gasteiger partial charge >= 0.3 is 5.69 Å². The largest absolute Gasteiger partial charge is 0.394 e. The minimum Gasteiger partial charge on any atom is -0.394 e. The molecule has 2 rings (SSSR count). The summed E-state index contributed by atoms with van der Waals surface area (Å²) in [7, 11) is 1.39. The average molecular weight is 368 g/mol. The first-order valence-electron chi connectivity index (χ1n) is 5.37. The van der Waals surface area contributed by atoms with Crippen molar-refractivity contribution in [3.05, 3.63) is 30.6 Å². The van der Waals surface area contributed by atoms with Crippen LogP contribution in [0.4, 0.5) is 0 Å². The molecule has 1 aromatic heterocycles. The zero-order chi connectivity index (χ0) is 13.4. The number of aromatic nitrogens is 2. The summed E-state index contributed by atoms with van der Waals surface area (Å²) in [6.45, 7) is -0.310. The number of ether oxygens (including phenoxy) is 1. The van der Waals surface area contributed by atoms with Crippen LogP contribution in [0.15, 0.2) is 15.8 Å². The van der Waals surface area contributed by atoms with Crippen molar-refractivity contribution in [3.8, 4) is 0 Å². The van der Waals surface area contributed by atoms with Gasteiger partial charge in [-0.3, -0.25) is 13.9 Å². The maximum absolute atomic E-state index is 11.9. The van der Waals surface area contributed by atoms with Gasteiger partial charge in [0, 0.05) is 19.7 Å². The van der Waals surface area contributed by atoms with E-state index in [-0.39, 0.29) is 18.6 Å². The fourth-order valence-corrected chi connectivity index (χ4v) is 2.57. The van der Waals surface area contributed by atoms with Crippen molar-refractivity contribution in [2.24, 2.45) is 7.05 Å². The molecule has 1 aliphatic rings. The number of rotatable bonds is 2. The molecule has 0 radical (unpaired) electrons. The van der Waals surface area contributed by atoms with Crippen LogP contribution in [0.3, 0.4) is 0 Å². The van der Waals surface area contributed by atoms with E-state index in [0.717, 1.165) is 4.57 Å². The fraction of sp³-hybridized carbons (Fsp3) is 0.600. The Labute approximate surface area is 116 Å². The second-order valence-electron chi connectivity index (χ2n) is 4.15. The third kappa shape index (κ3) is 2.25. The van der Waals surface area contributed by atoms with Gasteiger partial charge in [-0.25, -0.2) is 4.79 Å². The van der Waals surface area contributed by atoms with Gasteiger partial charge in [-0.1, -0.05) is 0 Å². The molecule has 0 spiro atoms. The highest BCUT2D eigenvalue weighted by molar-refractivity contribution is 14.1. The van der Waals surface area contributed by atoms with Crippen LogP contribution in [-0.2, 0) is 11.8 Å². The van der Waals surface area contributed by atoms with E-state index in [1.165, 1.54) is 17.8 Å². The second-order valence-corrected chi connectivity index (χ2v) is 5.31. The summed E-state index contributed by atoms with van der Waals surface area (Å²) in [5.74, 6) is 0. The highest BCUT2D eigenvalue weighted by atomic mass is 127. The zero-order valence-corrected chi connectivity index (χ0v) is 11.8. The monoisotopic (exact) mass is 368 g/mol. The van der Waals surface area contributed by atoms with Gasteiger partial charge in [-0.05, 0) is 22.6 Å². The summed E-state index contributed by atoms with van der Waals surface area (Å²) < 4.78 is 8.03. The normalized spacial score (nSPS) is 27.7. The van der Waals surface area contributed by atoms with Gasteiger partial charge in [-0.2, -0.15) is 0 Å². The van der Waals surface area contributed by atoms with Gasteiger partial charge in [0.05, 0.1) is 16.3 Å². The number of nitrogens with zero attached hydrogens (tertiary/aromatic N) is 2. The summed E-state index contributed by atoms with van der Waals surface area (Å²) >= 11 is 1.84. The molecular formula is C10H13IN2O5. The molecule has 1 aromatic rings. The highest BCUT2D eigenvalue weighted by Crippen LogP contribution is 2.27. The summed E-state index contributed by atoms with van der Waals surface area (Å²) in [6.07, 6.45) is -0.564. The topological polar surface area (TPSA) is 93.7 Å². The van der Waals surface area contributed by atoms with Crippen molar-refractivity contribution in [3.63, 3.8) is 0 Å². The first-order chi connectivity index (χ1) is 8.45. The minimum absolute atomic E-state index is 0.208. The molecule has 100 valence electrons. The fourth-order valence-electron chi connectivity index (χ4n) is 1.91. The van der Waals surface area contributed by atoms with E-state index in [2.05, 4.69) is 0 Å². The van der Waals surface area contributed by atoms with Crippen LogP contribution in [-0.4, -0.2) is 38.2 Å². The predicted molar refractivity (Wildman–Crippen MR) is 70.3 cm³/mol. The lowest BCUT2D eigenvalue weighted by Crippen LogP contribution is -2.40. The van der Waals surface area contributed by atoms with E-state index in [1.807, 2.05) is 22.6 Å². The summed E-state index contributed by atoms with van der Waals surface area (Å²) in [5, 5.41) is 18.6. The number of halogens is 1. The average Bonchev–Trinajstić information content (AvgIpc) is 2.72. The summed E-state index contributed by atoms with van der Waals surface area (Å²) in [4.78, 5) is 23.5. The lowest BCUT2D eigenvalue weighted by molar-refractivity contribution is -0.0463. The quantitative estimate of drug-likeness (QED) is 0.640. The molecule has 2 heterocycles. The van der Waals surface area contributed by atoms with Gasteiger partial charge in [0.25, 0.3) is 5.56 Å². The Morgan fingerprint density at radius 1 is 1.56 bits per heavy atom. The van der Waals surface area contributed by atoms with Crippen LogP contribution in [0.1, 0.15) is 12.6 Å². The maximum atomic E-state index is 11.9. The number of aliphatic hydroxyl groups excluding tert-OH is 2. The molecule has 0 unspecified atom stereocenters. The van der Waals surface area contributed by atoms with Crippen molar-refractivity contribution in [2.45, 2.75) is 24.9 Å². The standard InChI is InChI=1S/C10H13IN2O5/c1-12-9(16)5(11)3-13(10(12)17)8-2-6(15)7(4-14)18-8/h3,6-8,14-15H,2,4H2,1H3/t6-,7-,8-/m1/s1. The first kappa shape index (κ1) is 13.7. The predicted octanol–water partition coefficient (Wildman–Crippen LogP) is -1.21. The molecule has 1 fully saturated rings. The molecule has 2 N–H and O–H groups in total. The van der Waals surface area contributed by atoms with E-state index in [9.17, 15) is 14.7 Å². The maximum Gasteiger partial charge on any atom is 0.332 e. The van der Waals surface area contributed by atoms with E-state index < -0.39 is 24.1 Å². The molecule has 7 nitrogen and oxygen atoms in total. The van der Waals surface area contributed by atoms with Crippen molar-refractivity contribution in [2.75, 3.05) is 6.61 Å². The van der Waals surface area contributed by atoms with Gasteiger partial charge in [0.1, 0.15) is 12.3 Å². The minimum atomic E-state index is -0.818. The molecular weight excluding hydrogens is 355 g/mol.